The van der Waals surface area contributed by atoms with Crippen LogP contribution >= 0.6 is 11.3 Å². The molecule has 4 heteroatoms. The van der Waals surface area contributed by atoms with Crippen LogP contribution in [0.15, 0.2) is 41.8 Å². The Balaban J connectivity index is 2.13. The first-order chi connectivity index (χ1) is 8.72. The van der Waals surface area contributed by atoms with Crippen molar-refractivity contribution >= 4 is 17.2 Å². The van der Waals surface area contributed by atoms with Crippen LogP contribution in [0.3, 0.4) is 0 Å². The first-order valence-electron chi connectivity index (χ1n) is 5.73. The maximum Gasteiger partial charge on any atom is 0.262 e. The molecule has 0 unspecified atom stereocenters. The van der Waals surface area contributed by atoms with E-state index >= 15 is 0 Å². The lowest BCUT2D eigenvalue weighted by atomic mass is 10.1. The maximum atomic E-state index is 12.1. The second-order valence-corrected chi connectivity index (χ2v) is 4.97. The minimum Gasteiger partial charge on any atom is -0.394 e. The van der Waals surface area contributed by atoms with Gasteiger partial charge >= 0.3 is 0 Å². The van der Waals surface area contributed by atoms with Crippen LogP contribution in [0, 0.1) is 6.92 Å². The molecule has 0 saturated carbocycles. The number of hydrogen-bond acceptors (Lipinski definition) is 3. The highest BCUT2D eigenvalue weighted by molar-refractivity contribution is 7.12. The SMILES string of the molecule is Cc1ccsc1C(=O)N[C@@H](CO)c1ccccc1. The van der Waals surface area contributed by atoms with Crippen LogP contribution < -0.4 is 5.32 Å². The van der Waals surface area contributed by atoms with Gasteiger partial charge in [0.15, 0.2) is 0 Å². The lowest BCUT2D eigenvalue weighted by Crippen LogP contribution is -2.30. The average Bonchev–Trinajstić information content (AvgIpc) is 2.83. The van der Waals surface area contributed by atoms with Crippen molar-refractivity contribution in [1.29, 1.82) is 0 Å². The second kappa shape index (κ2) is 5.80. The minimum absolute atomic E-state index is 0.111. The molecule has 0 saturated heterocycles. The zero-order valence-corrected chi connectivity index (χ0v) is 10.9. The first-order valence-corrected chi connectivity index (χ1v) is 6.61. The van der Waals surface area contributed by atoms with Gasteiger partial charge < -0.3 is 10.4 Å². The molecule has 1 amide bonds. The standard InChI is InChI=1S/C14H15NO2S/c1-10-7-8-18-13(10)14(17)15-12(9-16)11-5-3-2-4-6-11/h2-8,12,16H,9H2,1H3,(H,15,17)/t12-/m0/s1. The fraction of sp³-hybridized carbons (Fsp3) is 0.214. The summed E-state index contributed by atoms with van der Waals surface area (Å²) in [7, 11) is 0. The number of benzene rings is 1. The van der Waals surface area contributed by atoms with E-state index in [9.17, 15) is 9.90 Å². The molecule has 2 aromatic rings. The van der Waals surface area contributed by atoms with Gasteiger partial charge in [0.05, 0.1) is 17.5 Å². The molecule has 0 aliphatic heterocycles. The Kier molecular flexibility index (Phi) is 4.12. The fourth-order valence-corrected chi connectivity index (χ4v) is 2.58. The van der Waals surface area contributed by atoms with Crippen molar-refractivity contribution in [1.82, 2.24) is 5.32 Å². The summed E-state index contributed by atoms with van der Waals surface area (Å²) in [4.78, 5) is 12.8. The lowest BCUT2D eigenvalue weighted by molar-refractivity contribution is 0.0920. The Bertz CT molecular complexity index is 522. The van der Waals surface area contributed by atoms with E-state index in [2.05, 4.69) is 5.32 Å². The average molecular weight is 261 g/mol. The molecule has 0 bridgehead atoms. The van der Waals surface area contributed by atoms with Gasteiger partial charge in [-0.3, -0.25) is 4.79 Å². The molecule has 1 aromatic heterocycles. The molecule has 0 radical (unpaired) electrons. The number of aryl methyl sites for hydroxylation is 1. The van der Waals surface area contributed by atoms with E-state index in [4.69, 9.17) is 0 Å². The molecule has 0 fully saturated rings. The van der Waals surface area contributed by atoms with E-state index in [0.717, 1.165) is 11.1 Å². The van der Waals surface area contributed by atoms with E-state index in [1.54, 1.807) is 0 Å². The summed E-state index contributed by atoms with van der Waals surface area (Å²) in [5.74, 6) is -0.134. The quantitative estimate of drug-likeness (QED) is 0.888. The molecule has 1 heterocycles. The minimum atomic E-state index is -0.361. The Labute approximate surface area is 110 Å². The van der Waals surface area contributed by atoms with Gasteiger partial charge in [0.2, 0.25) is 0 Å². The third-order valence-corrected chi connectivity index (χ3v) is 3.77. The number of thiophene rings is 1. The molecule has 1 atom stereocenters. The van der Waals surface area contributed by atoms with Crippen LogP contribution in [0.1, 0.15) is 26.8 Å². The number of carbonyl (C=O) groups excluding carboxylic acids is 1. The summed E-state index contributed by atoms with van der Waals surface area (Å²) in [5.41, 5.74) is 1.87. The molecular weight excluding hydrogens is 246 g/mol. The van der Waals surface area contributed by atoms with Crippen molar-refractivity contribution in [2.24, 2.45) is 0 Å². The number of hydrogen-bond donors (Lipinski definition) is 2. The van der Waals surface area contributed by atoms with Gasteiger partial charge in [-0.15, -0.1) is 11.3 Å². The molecule has 2 rings (SSSR count). The predicted molar refractivity (Wildman–Crippen MR) is 72.8 cm³/mol. The Morgan fingerprint density at radius 2 is 2.06 bits per heavy atom. The first kappa shape index (κ1) is 12.8. The Morgan fingerprint density at radius 1 is 1.33 bits per heavy atom. The van der Waals surface area contributed by atoms with Gasteiger partial charge in [0.25, 0.3) is 5.91 Å². The van der Waals surface area contributed by atoms with Crippen molar-refractivity contribution < 1.29 is 9.90 Å². The van der Waals surface area contributed by atoms with Gasteiger partial charge in [-0.1, -0.05) is 30.3 Å². The topological polar surface area (TPSA) is 49.3 Å². The number of rotatable bonds is 4. The summed E-state index contributed by atoms with van der Waals surface area (Å²) in [6.07, 6.45) is 0. The summed E-state index contributed by atoms with van der Waals surface area (Å²) in [5, 5.41) is 14.1. The third-order valence-electron chi connectivity index (χ3n) is 2.76. The zero-order chi connectivity index (χ0) is 13.0. The summed E-state index contributed by atoms with van der Waals surface area (Å²) < 4.78 is 0. The molecule has 3 nitrogen and oxygen atoms in total. The van der Waals surface area contributed by atoms with Crippen molar-refractivity contribution in [3.05, 3.63) is 57.8 Å². The summed E-state index contributed by atoms with van der Waals surface area (Å²) in [6, 6.07) is 11.0. The van der Waals surface area contributed by atoms with E-state index in [-0.39, 0.29) is 18.6 Å². The van der Waals surface area contributed by atoms with Crippen LogP contribution in [-0.4, -0.2) is 17.6 Å². The fourth-order valence-electron chi connectivity index (χ4n) is 1.75. The molecule has 94 valence electrons. The van der Waals surface area contributed by atoms with E-state index in [0.29, 0.717) is 4.88 Å². The number of amides is 1. The summed E-state index contributed by atoms with van der Waals surface area (Å²) in [6.45, 7) is 1.79. The number of carbonyl (C=O) groups is 1. The second-order valence-electron chi connectivity index (χ2n) is 4.05. The molecule has 0 aliphatic rings. The van der Waals surface area contributed by atoms with Crippen molar-refractivity contribution in [2.75, 3.05) is 6.61 Å². The molecule has 0 aliphatic carbocycles. The van der Waals surface area contributed by atoms with Crippen LogP contribution in [0.4, 0.5) is 0 Å². The van der Waals surface area contributed by atoms with E-state index in [1.165, 1.54) is 11.3 Å². The Hall–Kier alpha value is -1.65. The number of aliphatic hydroxyl groups excluding tert-OH is 1. The van der Waals surface area contributed by atoms with E-state index in [1.807, 2.05) is 48.7 Å². The highest BCUT2D eigenvalue weighted by Gasteiger charge is 2.16. The van der Waals surface area contributed by atoms with Gasteiger partial charge in [0.1, 0.15) is 0 Å². The highest BCUT2D eigenvalue weighted by atomic mass is 32.1. The normalized spacial score (nSPS) is 12.1. The Morgan fingerprint density at radius 3 is 2.61 bits per heavy atom. The number of nitrogens with one attached hydrogen (secondary N) is 1. The van der Waals surface area contributed by atoms with Crippen molar-refractivity contribution in [3.8, 4) is 0 Å². The van der Waals surface area contributed by atoms with Crippen LogP contribution in [0.25, 0.3) is 0 Å². The molecule has 1 aromatic carbocycles. The largest absolute Gasteiger partial charge is 0.394 e. The monoisotopic (exact) mass is 261 g/mol. The molecule has 2 N–H and O–H groups in total. The highest BCUT2D eigenvalue weighted by Crippen LogP contribution is 2.18. The van der Waals surface area contributed by atoms with Crippen molar-refractivity contribution in [3.63, 3.8) is 0 Å². The van der Waals surface area contributed by atoms with Crippen LogP contribution in [-0.2, 0) is 0 Å². The smallest absolute Gasteiger partial charge is 0.262 e. The predicted octanol–water partition coefficient (Wildman–Crippen LogP) is 2.52. The van der Waals surface area contributed by atoms with E-state index < -0.39 is 0 Å². The van der Waals surface area contributed by atoms with Crippen molar-refractivity contribution in [2.45, 2.75) is 13.0 Å². The summed E-state index contributed by atoms with van der Waals surface area (Å²) >= 11 is 1.41. The zero-order valence-electron chi connectivity index (χ0n) is 10.1. The van der Waals surface area contributed by atoms with Gasteiger partial charge in [-0.25, -0.2) is 0 Å². The van der Waals surface area contributed by atoms with Crippen LogP contribution in [0.5, 0.6) is 0 Å². The third kappa shape index (κ3) is 2.78. The molecule has 0 spiro atoms. The maximum absolute atomic E-state index is 12.1. The van der Waals surface area contributed by atoms with Gasteiger partial charge in [-0.05, 0) is 29.5 Å². The van der Waals surface area contributed by atoms with Gasteiger partial charge in [-0.2, -0.15) is 0 Å². The lowest BCUT2D eigenvalue weighted by Gasteiger charge is -2.16. The molecular formula is C14H15NO2S. The van der Waals surface area contributed by atoms with Gasteiger partial charge in [0, 0.05) is 0 Å². The van der Waals surface area contributed by atoms with Crippen LogP contribution in [0.2, 0.25) is 0 Å². The number of aliphatic hydroxyl groups is 1. The molecule has 18 heavy (non-hydrogen) atoms.